The van der Waals surface area contributed by atoms with E-state index >= 15 is 0 Å². The van der Waals surface area contributed by atoms with Crippen molar-refractivity contribution in [2.24, 2.45) is 10.8 Å². The summed E-state index contributed by atoms with van der Waals surface area (Å²) in [5, 5.41) is 0. The van der Waals surface area contributed by atoms with Gasteiger partial charge >= 0.3 is 0 Å². The maximum absolute atomic E-state index is 11.3. The monoisotopic (exact) mass is 374 g/mol. The van der Waals surface area contributed by atoms with Crippen molar-refractivity contribution in [3.05, 3.63) is 11.6 Å². The molecule has 2 rings (SSSR count). The highest BCUT2D eigenvalue weighted by molar-refractivity contribution is 6.69. The predicted octanol–water partition coefficient (Wildman–Crippen LogP) is 6.28. The van der Waals surface area contributed by atoms with E-state index in [-0.39, 0.29) is 11.0 Å². The molecule has 2 aliphatic carbocycles. The summed E-state index contributed by atoms with van der Waals surface area (Å²) >= 11 is 0. The highest BCUT2D eigenvalue weighted by atomic mass is 28.4. The minimum absolute atomic E-state index is 0.276. The Kier molecular flexibility index (Phi) is 6.30. The van der Waals surface area contributed by atoms with E-state index in [1.807, 2.05) is 0 Å². The zero-order chi connectivity index (χ0) is 19.6. The molecular formula is C23H38O2Si. The predicted molar refractivity (Wildman–Crippen MR) is 113 cm³/mol. The molecule has 0 aromatic rings. The molecule has 2 nitrogen and oxygen atoms in total. The first-order valence-corrected chi connectivity index (χ1v) is 13.7. The van der Waals surface area contributed by atoms with Crippen molar-refractivity contribution in [3.8, 4) is 11.8 Å². The lowest BCUT2D eigenvalue weighted by Gasteiger charge is -2.33. The van der Waals surface area contributed by atoms with Gasteiger partial charge in [0.2, 0.25) is 0 Å². The minimum atomic E-state index is -1.59. The van der Waals surface area contributed by atoms with Crippen LogP contribution in [0, 0.1) is 22.7 Å². The van der Waals surface area contributed by atoms with Gasteiger partial charge in [0.05, 0.1) is 0 Å². The second-order valence-electron chi connectivity index (χ2n) is 10.3. The molecule has 0 bridgehead atoms. The first-order chi connectivity index (χ1) is 11.9. The Hall–Kier alpha value is -0.853. The van der Waals surface area contributed by atoms with Crippen molar-refractivity contribution >= 4 is 14.1 Å². The van der Waals surface area contributed by atoms with E-state index in [1.54, 1.807) is 12.5 Å². The molecule has 0 aliphatic heterocycles. The number of ketones is 1. The summed E-state index contributed by atoms with van der Waals surface area (Å²) in [5.41, 5.74) is 1.88. The van der Waals surface area contributed by atoms with Gasteiger partial charge in [-0.1, -0.05) is 30.4 Å². The van der Waals surface area contributed by atoms with Crippen LogP contribution in [-0.2, 0) is 9.22 Å². The normalized spacial score (nSPS) is 24.7. The van der Waals surface area contributed by atoms with Crippen LogP contribution in [0.2, 0.25) is 19.6 Å². The van der Waals surface area contributed by atoms with Gasteiger partial charge in [-0.2, -0.15) is 0 Å². The Balaban J connectivity index is 2.02. The van der Waals surface area contributed by atoms with Crippen molar-refractivity contribution in [1.29, 1.82) is 0 Å². The summed E-state index contributed by atoms with van der Waals surface area (Å²) < 4.78 is 6.22. The first kappa shape index (κ1) is 21.4. The molecule has 0 aromatic carbocycles. The van der Waals surface area contributed by atoms with Crippen molar-refractivity contribution in [3.63, 3.8) is 0 Å². The number of rotatable bonds is 8. The summed E-state index contributed by atoms with van der Waals surface area (Å²) in [5.74, 6) is 7.22. The third-order valence-electron chi connectivity index (χ3n) is 5.75. The van der Waals surface area contributed by atoms with Gasteiger partial charge in [-0.15, -0.1) is 0 Å². The highest BCUT2D eigenvalue weighted by Gasteiger charge is 2.52. The molecule has 1 saturated carbocycles. The van der Waals surface area contributed by atoms with Gasteiger partial charge in [-0.3, -0.25) is 0 Å². The fourth-order valence-electron chi connectivity index (χ4n) is 4.67. The number of hydrogen-bond donors (Lipinski definition) is 0. The second kappa shape index (κ2) is 7.64. The van der Waals surface area contributed by atoms with Crippen LogP contribution in [0.3, 0.4) is 0 Å². The van der Waals surface area contributed by atoms with Crippen LogP contribution >= 0.6 is 0 Å². The van der Waals surface area contributed by atoms with Crippen molar-refractivity contribution in [1.82, 2.24) is 0 Å². The smallest absolute Gasteiger partial charge is 0.185 e. The van der Waals surface area contributed by atoms with Crippen molar-refractivity contribution in [2.45, 2.75) is 104 Å². The molecule has 0 saturated heterocycles. The number of allylic oxidation sites excluding steroid dienone is 2. The minimum Gasteiger partial charge on any atom is -0.402 e. The summed E-state index contributed by atoms with van der Waals surface area (Å²) in [4.78, 5) is 11.3. The molecule has 2 aliphatic rings. The largest absolute Gasteiger partial charge is 0.402 e. The third-order valence-corrected chi connectivity index (χ3v) is 6.88. The summed E-state index contributed by atoms with van der Waals surface area (Å²) in [6.45, 7) is 15.0. The number of carbonyl (C=O) groups is 1. The summed E-state index contributed by atoms with van der Waals surface area (Å²) in [6, 6.07) is 0. The molecule has 0 spiro atoms. The maximum Gasteiger partial charge on any atom is 0.185 e. The van der Waals surface area contributed by atoms with Crippen LogP contribution in [0.15, 0.2) is 11.6 Å². The average molecular weight is 375 g/mol. The lowest BCUT2D eigenvalue weighted by molar-refractivity contribution is -0.117. The van der Waals surface area contributed by atoms with Crippen LogP contribution in [0.5, 0.6) is 0 Å². The Morgan fingerprint density at radius 2 is 1.92 bits per heavy atom. The molecule has 0 heterocycles. The van der Waals surface area contributed by atoms with E-state index in [1.165, 1.54) is 25.7 Å². The number of hydrogen-bond acceptors (Lipinski definition) is 2. The van der Waals surface area contributed by atoms with Crippen LogP contribution in [0.4, 0.5) is 0 Å². The van der Waals surface area contributed by atoms with Gasteiger partial charge in [0.1, 0.15) is 11.4 Å². The van der Waals surface area contributed by atoms with Crippen molar-refractivity contribution < 1.29 is 9.22 Å². The molecule has 0 amide bonds. The zero-order valence-electron chi connectivity index (χ0n) is 18.1. The van der Waals surface area contributed by atoms with E-state index in [4.69, 9.17) is 4.43 Å². The van der Waals surface area contributed by atoms with Gasteiger partial charge in [0, 0.05) is 18.3 Å². The molecule has 0 unspecified atom stereocenters. The Morgan fingerprint density at radius 3 is 2.46 bits per heavy atom. The lowest BCUT2D eigenvalue weighted by atomic mass is 9.71. The zero-order valence-corrected chi connectivity index (χ0v) is 19.1. The molecule has 3 heteroatoms. The van der Waals surface area contributed by atoms with Gasteiger partial charge in [0.15, 0.2) is 8.32 Å². The van der Waals surface area contributed by atoms with E-state index in [9.17, 15) is 4.79 Å². The van der Waals surface area contributed by atoms with Crippen molar-refractivity contribution in [2.75, 3.05) is 0 Å². The van der Waals surface area contributed by atoms with Crippen LogP contribution in [-0.4, -0.2) is 19.7 Å². The number of carbonyl (C=O) groups excluding carboxylic acids is 1. The maximum atomic E-state index is 11.3. The molecule has 1 atom stereocenters. The van der Waals surface area contributed by atoms with Gasteiger partial charge < -0.3 is 9.22 Å². The molecule has 0 N–H and O–H groups in total. The summed E-state index contributed by atoms with van der Waals surface area (Å²) in [7, 11) is -1.59. The van der Waals surface area contributed by atoms with E-state index in [0.717, 1.165) is 25.7 Å². The Bertz CT molecular complexity index is 623. The topological polar surface area (TPSA) is 26.3 Å². The third kappa shape index (κ3) is 5.83. The number of Topliss-reactive ketones (excluding diaryl/α,β-unsaturated/α-hetero) is 1. The molecule has 146 valence electrons. The van der Waals surface area contributed by atoms with E-state index in [0.29, 0.717) is 11.2 Å². The van der Waals surface area contributed by atoms with Crippen LogP contribution in [0.25, 0.3) is 0 Å². The van der Waals surface area contributed by atoms with E-state index < -0.39 is 8.32 Å². The Morgan fingerprint density at radius 1 is 1.27 bits per heavy atom. The molecule has 26 heavy (non-hydrogen) atoms. The molecule has 1 fully saturated rings. The average Bonchev–Trinajstić information content (AvgIpc) is 3.11. The Labute approximate surface area is 162 Å². The quantitative estimate of drug-likeness (QED) is 0.284. The summed E-state index contributed by atoms with van der Waals surface area (Å²) in [6.07, 6.45) is 11.3. The fraction of sp³-hybridized carbons (Fsp3) is 0.783. The fourth-order valence-corrected chi connectivity index (χ4v) is 6.25. The first-order valence-electron chi connectivity index (χ1n) is 10.3. The van der Waals surface area contributed by atoms with Gasteiger partial charge in [0.25, 0.3) is 0 Å². The highest BCUT2D eigenvalue weighted by Crippen LogP contribution is 2.63. The second-order valence-corrected chi connectivity index (χ2v) is 14.7. The van der Waals surface area contributed by atoms with Gasteiger partial charge in [-0.05, 0) is 84.4 Å². The van der Waals surface area contributed by atoms with Gasteiger partial charge in [-0.25, -0.2) is 0 Å². The van der Waals surface area contributed by atoms with E-state index in [2.05, 4.69) is 58.3 Å². The SMILES string of the molecule is CC(=O)CCC[C@@]1(C)CCC=C1C1(CC#CC(C)(C)O[Si](C)(C)C)CC1. The standard InChI is InChI=1S/C23H38O2Si/c1-19(24)11-8-14-22(4)15-9-12-20(22)23(17-18-23)16-10-13-21(2,3)25-26(5,6)7/h12H,8-9,11,14-18H2,1-7H3/t22-/m0/s1. The van der Waals surface area contributed by atoms with Crippen LogP contribution < -0.4 is 0 Å². The molecular weight excluding hydrogens is 336 g/mol. The molecule has 0 aromatic heterocycles. The lowest BCUT2D eigenvalue weighted by Crippen LogP contribution is -2.37. The molecule has 0 radical (unpaired) electrons. The van der Waals surface area contributed by atoms with Crippen LogP contribution in [0.1, 0.15) is 79.1 Å².